The van der Waals surface area contributed by atoms with Crippen LogP contribution >= 0.6 is 11.6 Å². The van der Waals surface area contributed by atoms with Gasteiger partial charge < -0.3 is 10.6 Å². The van der Waals surface area contributed by atoms with Crippen LogP contribution in [0.3, 0.4) is 0 Å². The van der Waals surface area contributed by atoms with Gasteiger partial charge in [-0.05, 0) is 30.7 Å². The van der Waals surface area contributed by atoms with Crippen molar-refractivity contribution in [2.45, 2.75) is 13.3 Å². The molecule has 104 valence electrons. The van der Waals surface area contributed by atoms with Gasteiger partial charge in [0.25, 0.3) is 5.91 Å². The SMILES string of the molecule is CCCNc1ccc(C(=O)Nc2ccc(Cl)cn2)nn1. The summed E-state index contributed by atoms with van der Waals surface area (Å²) in [6.07, 6.45) is 2.45. The molecule has 6 nitrogen and oxygen atoms in total. The third-order valence-electron chi connectivity index (χ3n) is 2.42. The summed E-state index contributed by atoms with van der Waals surface area (Å²) in [5, 5.41) is 14.0. The highest BCUT2D eigenvalue weighted by Crippen LogP contribution is 2.10. The van der Waals surface area contributed by atoms with Gasteiger partial charge in [-0.1, -0.05) is 18.5 Å². The number of nitrogens with one attached hydrogen (secondary N) is 2. The monoisotopic (exact) mass is 291 g/mol. The molecule has 0 aliphatic rings. The molecular weight excluding hydrogens is 278 g/mol. The minimum atomic E-state index is -0.366. The average molecular weight is 292 g/mol. The maximum Gasteiger partial charge on any atom is 0.277 e. The fourth-order valence-electron chi connectivity index (χ4n) is 1.43. The van der Waals surface area contributed by atoms with Crippen molar-refractivity contribution >= 4 is 29.1 Å². The van der Waals surface area contributed by atoms with E-state index in [-0.39, 0.29) is 11.6 Å². The molecule has 0 aliphatic carbocycles. The van der Waals surface area contributed by atoms with E-state index in [1.807, 2.05) is 0 Å². The molecule has 0 saturated carbocycles. The molecule has 20 heavy (non-hydrogen) atoms. The number of hydrogen-bond donors (Lipinski definition) is 2. The van der Waals surface area contributed by atoms with Gasteiger partial charge in [-0.2, -0.15) is 0 Å². The van der Waals surface area contributed by atoms with Crippen molar-refractivity contribution in [1.29, 1.82) is 0 Å². The number of halogens is 1. The van der Waals surface area contributed by atoms with Crippen molar-refractivity contribution in [3.8, 4) is 0 Å². The third kappa shape index (κ3) is 3.89. The third-order valence-corrected chi connectivity index (χ3v) is 2.65. The lowest BCUT2D eigenvalue weighted by Gasteiger charge is -2.05. The van der Waals surface area contributed by atoms with Crippen molar-refractivity contribution in [3.05, 3.63) is 41.2 Å². The number of carbonyl (C=O) groups excluding carboxylic acids is 1. The predicted octanol–water partition coefficient (Wildman–Crippen LogP) is 2.60. The van der Waals surface area contributed by atoms with E-state index in [2.05, 4.69) is 32.7 Å². The van der Waals surface area contributed by atoms with E-state index < -0.39 is 0 Å². The predicted molar refractivity (Wildman–Crippen MR) is 78.0 cm³/mol. The van der Waals surface area contributed by atoms with Crippen molar-refractivity contribution in [2.24, 2.45) is 0 Å². The Balaban J connectivity index is 2.00. The summed E-state index contributed by atoms with van der Waals surface area (Å²) < 4.78 is 0. The second-order valence-corrected chi connectivity index (χ2v) is 4.48. The number of hydrogen-bond acceptors (Lipinski definition) is 5. The van der Waals surface area contributed by atoms with Crippen molar-refractivity contribution < 1.29 is 4.79 Å². The number of rotatable bonds is 5. The van der Waals surface area contributed by atoms with Gasteiger partial charge in [0, 0.05) is 12.7 Å². The zero-order valence-electron chi connectivity index (χ0n) is 10.9. The van der Waals surface area contributed by atoms with E-state index in [1.165, 1.54) is 6.20 Å². The molecule has 7 heteroatoms. The van der Waals surface area contributed by atoms with Gasteiger partial charge in [-0.15, -0.1) is 10.2 Å². The topological polar surface area (TPSA) is 79.8 Å². The van der Waals surface area contributed by atoms with Gasteiger partial charge in [-0.25, -0.2) is 4.98 Å². The molecule has 1 amide bonds. The van der Waals surface area contributed by atoms with Crippen molar-refractivity contribution in [1.82, 2.24) is 15.2 Å². The number of carbonyl (C=O) groups is 1. The molecule has 2 aromatic rings. The summed E-state index contributed by atoms with van der Waals surface area (Å²) in [7, 11) is 0. The maximum atomic E-state index is 11.9. The molecule has 0 radical (unpaired) electrons. The van der Waals surface area contributed by atoms with Crippen LogP contribution in [0.25, 0.3) is 0 Å². The molecule has 0 saturated heterocycles. The Morgan fingerprint density at radius 2 is 2.00 bits per heavy atom. The standard InChI is InChI=1S/C13H14ClN5O/c1-2-7-15-12-6-4-10(18-19-12)13(20)17-11-5-3-9(14)8-16-11/h3-6,8H,2,7H2,1H3,(H,15,19)(H,16,17,20). The Bertz CT molecular complexity index is 570. The van der Waals surface area contributed by atoms with E-state index in [9.17, 15) is 4.79 Å². The minimum absolute atomic E-state index is 0.226. The highest BCUT2D eigenvalue weighted by molar-refractivity contribution is 6.30. The average Bonchev–Trinajstić information content (AvgIpc) is 2.48. The summed E-state index contributed by atoms with van der Waals surface area (Å²) in [6, 6.07) is 6.58. The summed E-state index contributed by atoms with van der Waals surface area (Å²) in [4.78, 5) is 15.9. The number of amides is 1. The normalized spacial score (nSPS) is 10.1. The summed E-state index contributed by atoms with van der Waals surface area (Å²) >= 11 is 5.72. The summed E-state index contributed by atoms with van der Waals surface area (Å²) in [5.41, 5.74) is 0.226. The number of pyridine rings is 1. The molecule has 0 atom stereocenters. The molecular formula is C13H14ClN5O. The summed E-state index contributed by atoms with van der Waals surface area (Å²) in [5.74, 6) is 0.691. The quantitative estimate of drug-likeness (QED) is 0.885. The van der Waals surface area contributed by atoms with Crippen LogP contribution in [0, 0.1) is 0 Å². The van der Waals surface area contributed by atoms with E-state index >= 15 is 0 Å². The number of nitrogens with zero attached hydrogens (tertiary/aromatic N) is 3. The van der Waals surface area contributed by atoms with Crippen molar-refractivity contribution in [2.75, 3.05) is 17.2 Å². The first-order chi connectivity index (χ1) is 9.69. The lowest BCUT2D eigenvalue weighted by Crippen LogP contribution is -2.15. The van der Waals surface area contributed by atoms with Crippen LogP contribution in [-0.4, -0.2) is 27.6 Å². The van der Waals surface area contributed by atoms with Gasteiger partial charge in [0.1, 0.15) is 11.6 Å². The Hall–Kier alpha value is -2.21. The van der Waals surface area contributed by atoms with Crippen LogP contribution in [0.4, 0.5) is 11.6 Å². The maximum absolute atomic E-state index is 11.9. The van der Waals surface area contributed by atoms with Crippen LogP contribution < -0.4 is 10.6 Å². The van der Waals surface area contributed by atoms with Crippen LogP contribution in [0.5, 0.6) is 0 Å². The smallest absolute Gasteiger partial charge is 0.277 e. The van der Waals surface area contributed by atoms with Gasteiger partial charge in [-0.3, -0.25) is 4.79 Å². The zero-order valence-corrected chi connectivity index (χ0v) is 11.7. The zero-order chi connectivity index (χ0) is 14.4. The van der Waals surface area contributed by atoms with Crippen molar-refractivity contribution in [3.63, 3.8) is 0 Å². The van der Waals surface area contributed by atoms with Crippen LogP contribution in [0.2, 0.25) is 5.02 Å². The molecule has 0 aliphatic heterocycles. The van der Waals surface area contributed by atoms with Gasteiger partial charge >= 0.3 is 0 Å². The van der Waals surface area contributed by atoms with Crippen LogP contribution in [0.15, 0.2) is 30.5 Å². The molecule has 0 spiro atoms. The molecule has 0 unspecified atom stereocenters. The van der Waals surface area contributed by atoms with E-state index in [0.717, 1.165) is 13.0 Å². The molecule has 0 fully saturated rings. The van der Waals surface area contributed by atoms with Gasteiger partial charge in [0.05, 0.1) is 5.02 Å². The Morgan fingerprint density at radius 1 is 1.20 bits per heavy atom. The second kappa shape index (κ2) is 6.81. The first-order valence-corrected chi connectivity index (χ1v) is 6.57. The minimum Gasteiger partial charge on any atom is -0.369 e. The van der Waals surface area contributed by atoms with Gasteiger partial charge in [0.15, 0.2) is 5.69 Å². The lowest BCUT2D eigenvalue weighted by atomic mass is 10.3. The molecule has 2 aromatic heterocycles. The van der Waals surface area contributed by atoms with Gasteiger partial charge in [0.2, 0.25) is 0 Å². The highest BCUT2D eigenvalue weighted by Gasteiger charge is 2.09. The number of anilines is 2. The molecule has 2 heterocycles. The Kier molecular flexibility index (Phi) is 4.84. The molecule has 2 rings (SSSR count). The molecule has 0 bridgehead atoms. The first-order valence-electron chi connectivity index (χ1n) is 6.19. The largest absolute Gasteiger partial charge is 0.369 e. The van der Waals surface area contributed by atoms with E-state index in [1.54, 1.807) is 24.3 Å². The Morgan fingerprint density at radius 3 is 2.60 bits per heavy atom. The summed E-state index contributed by atoms with van der Waals surface area (Å²) in [6.45, 7) is 2.87. The van der Waals surface area contributed by atoms with E-state index in [4.69, 9.17) is 11.6 Å². The fourth-order valence-corrected chi connectivity index (χ4v) is 1.54. The van der Waals surface area contributed by atoms with Crippen LogP contribution in [0.1, 0.15) is 23.8 Å². The molecule has 0 aromatic carbocycles. The second-order valence-electron chi connectivity index (χ2n) is 4.05. The fraction of sp³-hybridized carbons (Fsp3) is 0.231. The Labute approximate surface area is 121 Å². The van der Waals surface area contributed by atoms with Crippen LogP contribution in [-0.2, 0) is 0 Å². The molecule has 2 N–H and O–H groups in total. The first kappa shape index (κ1) is 14.2. The van der Waals surface area contributed by atoms with E-state index in [0.29, 0.717) is 16.7 Å². The highest BCUT2D eigenvalue weighted by atomic mass is 35.5. The number of aromatic nitrogens is 3. The lowest BCUT2D eigenvalue weighted by molar-refractivity contribution is 0.102.